The molecule has 4 heterocycles. The molecule has 1 aromatic carbocycles. The van der Waals surface area contributed by atoms with E-state index in [0.717, 1.165) is 41.7 Å². The number of hydrogen-bond acceptors (Lipinski definition) is 9. The summed E-state index contributed by atoms with van der Waals surface area (Å²) in [4.78, 5) is 29.3. The number of pyridine rings is 1. The van der Waals surface area contributed by atoms with E-state index in [1.165, 1.54) is 0 Å². The Morgan fingerprint density at radius 3 is 2.92 bits per heavy atom. The Balaban J connectivity index is 1.58. The number of nitrogens with zero attached hydrogens (tertiary/aromatic N) is 4. The first-order chi connectivity index (χ1) is 17.6. The van der Waals surface area contributed by atoms with Crippen molar-refractivity contribution in [3.63, 3.8) is 0 Å². The van der Waals surface area contributed by atoms with Crippen molar-refractivity contribution in [2.45, 2.75) is 44.9 Å². The van der Waals surface area contributed by atoms with Crippen LogP contribution in [0.2, 0.25) is 0 Å². The van der Waals surface area contributed by atoms with Gasteiger partial charge >= 0.3 is 0 Å². The Kier molecular flexibility index (Phi) is 7.15. The summed E-state index contributed by atoms with van der Waals surface area (Å²) in [6, 6.07) is 9.28. The smallest absolute Gasteiger partial charge is 0.242 e. The van der Waals surface area contributed by atoms with Gasteiger partial charge in [-0.2, -0.15) is 9.97 Å². The van der Waals surface area contributed by atoms with Crippen molar-refractivity contribution in [3.05, 3.63) is 35.9 Å². The number of amides is 1. The molecule has 2 aliphatic heterocycles. The van der Waals surface area contributed by atoms with Gasteiger partial charge in [-0.25, -0.2) is 4.98 Å². The lowest BCUT2D eigenvalue weighted by Crippen LogP contribution is -2.44. The van der Waals surface area contributed by atoms with Gasteiger partial charge in [0, 0.05) is 24.2 Å². The molecule has 0 unspecified atom stereocenters. The predicted molar refractivity (Wildman–Crippen MR) is 137 cm³/mol. The number of aliphatic hydroxyl groups is 1. The first-order valence-electron chi connectivity index (χ1n) is 12.4. The second kappa shape index (κ2) is 10.6. The summed E-state index contributed by atoms with van der Waals surface area (Å²) in [7, 11) is 1.58. The summed E-state index contributed by atoms with van der Waals surface area (Å²) < 4.78 is 11.0. The molecule has 2 saturated heterocycles. The molecule has 2 fully saturated rings. The van der Waals surface area contributed by atoms with Crippen LogP contribution in [-0.2, 0) is 16.1 Å². The van der Waals surface area contributed by atoms with Gasteiger partial charge in [0.25, 0.3) is 0 Å². The number of nitrogens with one attached hydrogen (secondary N) is 2. The molecular weight excluding hydrogens is 460 g/mol. The molecule has 0 radical (unpaired) electrons. The monoisotopic (exact) mass is 492 g/mol. The maximum Gasteiger partial charge on any atom is 0.242 e. The minimum atomic E-state index is -0.392. The molecule has 2 aromatic heterocycles. The highest BCUT2D eigenvalue weighted by molar-refractivity contribution is 5.90. The van der Waals surface area contributed by atoms with Gasteiger partial charge in [-0.3, -0.25) is 4.79 Å². The van der Waals surface area contributed by atoms with Crippen molar-refractivity contribution < 1.29 is 19.4 Å². The standard InChI is InChI=1S/C26H32N6O4/c1-16-15-36-12-11-32(16)24-19-7-8-20(17-6-9-22(35-2)18(13-17)14-33)28-23(19)30-26(31-24)29-21-5-3-4-10-27-25(21)34/h6-9,13,16,21,33H,3-5,10-12,14-15H2,1-2H3,(H,27,34)(H,28,29,30,31)/t16-,21-/m0/s1. The van der Waals surface area contributed by atoms with Crippen molar-refractivity contribution in [2.24, 2.45) is 0 Å². The van der Waals surface area contributed by atoms with E-state index in [1.54, 1.807) is 7.11 Å². The van der Waals surface area contributed by atoms with Gasteiger partial charge in [-0.05, 0) is 56.5 Å². The van der Waals surface area contributed by atoms with Crippen molar-refractivity contribution in [2.75, 3.05) is 43.6 Å². The lowest BCUT2D eigenvalue weighted by atomic mass is 10.1. The van der Waals surface area contributed by atoms with Crippen LogP contribution in [0.5, 0.6) is 5.75 Å². The van der Waals surface area contributed by atoms with Gasteiger partial charge in [-0.15, -0.1) is 0 Å². The van der Waals surface area contributed by atoms with Crippen molar-refractivity contribution in [3.8, 4) is 17.0 Å². The Bertz CT molecular complexity index is 1250. The van der Waals surface area contributed by atoms with Crippen LogP contribution in [0.3, 0.4) is 0 Å². The van der Waals surface area contributed by atoms with E-state index in [1.807, 2.05) is 30.3 Å². The summed E-state index contributed by atoms with van der Waals surface area (Å²) in [5.74, 6) is 1.75. The van der Waals surface area contributed by atoms with E-state index in [2.05, 4.69) is 22.5 Å². The van der Waals surface area contributed by atoms with E-state index >= 15 is 0 Å². The Labute approximate surface area is 210 Å². The van der Waals surface area contributed by atoms with Gasteiger partial charge in [0.15, 0.2) is 5.65 Å². The highest BCUT2D eigenvalue weighted by atomic mass is 16.5. The second-order valence-corrected chi connectivity index (χ2v) is 9.22. The molecule has 10 nitrogen and oxygen atoms in total. The summed E-state index contributed by atoms with van der Waals surface area (Å²) in [5.41, 5.74) is 2.79. The first-order valence-corrected chi connectivity index (χ1v) is 12.4. The topological polar surface area (TPSA) is 122 Å². The second-order valence-electron chi connectivity index (χ2n) is 9.22. The molecule has 0 spiro atoms. The van der Waals surface area contributed by atoms with Crippen LogP contribution in [-0.4, -0.2) is 71.5 Å². The molecule has 36 heavy (non-hydrogen) atoms. The van der Waals surface area contributed by atoms with E-state index in [4.69, 9.17) is 24.4 Å². The zero-order chi connectivity index (χ0) is 25.1. The minimum absolute atomic E-state index is 0.0334. The summed E-state index contributed by atoms with van der Waals surface area (Å²) >= 11 is 0. The SMILES string of the molecule is COc1ccc(-c2ccc3c(N4CCOC[C@@H]4C)nc(N[C@H]4CCCCNC4=O)nc3n2)cc1CO. The number of aliphatic hydroxyl groups excluding tert-OH is 1. The average molecular weight is 493 g/mol. The van der Waals surface area contributed by atoms with Crippen molar-refractivity contribution in [1.29, 1.82) is 0 Å². The molecule has 3 aromatic rings. The number of ether oxygens (including phenoxy) is 2. The van der Waals surface area contributed by atoms with Crippen LogP contribution < -0.4 is 20.3 Å². The Morgan fingerprint density at radius 2 is 2.11 bits per heavy atom. The lowest BCUT2D eigenvalue weighted by molar-refractivity contribution is -0.121. The van der Waals surface area contributed by atoms with Crippen molar-refractivity contribution in [1.82, 2.24) is 20.3 Å². The zero-order valence-electron chi connectivity index (χ0n) is 20.7. The third-order valence-corrected chi connectivity index (χ3v) is 6.76. The highest BCUT2D eigenvalue weighted by Crippen LogP contribution is 2.31. The summed E-state index contributed by atoms with van der Waals surface area (Å²) in [6.45, 7) is 4.59. The van der Waals surface area contributed by atoms with Crippen LogP contribution in [0, 0.1) is 0 Å². The number of methoxy groups -OCH3 is 1. The fraction of sp³-hybridized carbons (Fsp3) is 0.462. The van der Waals surface area contributed by atoms with Crippen LogP contribution >= 0.6 is 0 Å². The Morgan fingerprint density at radius 1 is 1.22 bits per heavy atom. The van der Waals surface area contributed by atoms with Crippen LogP contribution in [0.4, 0.5) is 11.8 Å². The van der Waals surface area contributed by atoms with Gasteiger partial charge in [0.1, 0.15) is 17.6 Å². The fourth-order valence-corrected chi connectivity index (χ4v) is 4.77. The molecule has 2 atom stereocenters. The number of carbonyl (C=O) groups excluding carboxylic acids is 1. The largest absolute Gasteiger partial charge is 0.496 e. The number of rotatable bonds is 6. The molecule has 0 saturated carbocycles. The quantitative estimate of drug-likeness (QED) is 0.476. The summed E-state index contributed by atoms with van der Waals surface area (Å²) in [6.07, 6.45) is 2.63. The fourth-order valence-electron chi connectivity index (χ4n) is 4.77. The molecule has 190 valence electrons. The number of morpholine rings is 1. The van der Waals surface area contributed by atoms with Gasteiger partial charge in [0.05, 0.1) is 44.1 Å². The maximum absolute atomic E-state index is 12.6. The molecule has 5 rings (SSSR count). The third-order valence-electron chi connectivity index (χ3n) is 6.76. The summed E-state index contributed by atoms with van der Waals surface area (Å²) in [5, 5.41) is 16.8. The van der Waals surface area contributed by atoms with Crippen LogP contribution in [0.1, 0.15) is 31.7 Å². The number of hydrogen-bond donors (Lipinski definition) is 3. The molecule has 2 aliphatic rings. The van der Waals surface area contributed by atoms with Gasteiger partial charge in [0.2, 0.25) is 11.9 Å². The molecule has 1 amide bonds. The minimum Gasteiger partial charge on any atom is -0.496 e. The first kappa shape index (κ1) is 24.2. The number of anilines is 2. The van der Waals surface area contributed by atoms with E-state index in [-0.39, 0.29) is 18.6 Å². The molecule has 0 bridgehead atoms. The number of benzene rings is 1. The number of carbonyl (C=O) groups is 1. The predicted octanol–water partition coefficient (Wildman–Crippen LogP) is 2.50. The molecule has 3 N–H and O–H groups in total. The van der Waals surface area contributed by atoms with Gasteiger partial charge < -0.3 is 30.1 Å². The maximum atomic E-state index is 12.6. The Hall–Kier alpha value is -3.50. The van der Waals surface area contributed by atoms with E-state index in [0.29, 0.717) is 49.2 Å². The van der Waals surface area contributed by atoms with Crippen LogP contribution in [0.15, 0.2) is 30.3 Å². The van der Waals surface area contributed by atoms with Crippen LogP contribution in [0.25, 0.3) is 22.3 Å². The number of fused-ring (bicyclic) bond motifs is 1. The molecule has 10 heteroatoms. The third kappa shape index (κ3) is 4.91. The lowest BCUT2D eigenvalue weighted by Gasteiger charge is -2.35. The zero-order valence-corrected chi connectivity index (χ0v) is 20.7. The van der Waals surface area contributed by atoms with Crippen molar-refractivity contribution >= 4 is 28.7 Å². The van der Waals surface area contributed by atoms with E-state index < -0.39 is 6.04 Å². The van der Waals surface area contributed by atoms with Gasteiger partial charge in [-0.1, -0.05) is 0 Å². The average Bonchev–Trinajstić information content (AvgIpc) is 3.11. The van der Waals surface area contributed by atoms with E-state index in [9.17, 15) is 9.90 Å². The molecular formula is C26H32N6O4. The normalized spacial score (nSPS) is 20.6. The highest BCUT2D eigenvalue weighted by Gasteiger charge is 2.26. The molecule has 0 aliphatic carbocycles. The number of aromatic nitrogens is 3.